The van der Waals surface area contributed by atoms with E-state index in [0.29, 0.717) is 10.7 Å². The van der Waals surface area contributed by atoms with Gasteiger partial charge in [-0.2, -0.15) is 0 Å². The predicted octanol–water partition coefficient (Wildman–Crippen LogP) is 3.51. The van der Waals surface area contributed by atoms with Gasteiger partial charge in [0.15, 0.2) is 5.13 Å². The molecule has 6 heteroatoms. The standard InChI is InChI=1S/C12H12BrN3OS/c1-7-5-8(14-2)3-4-9(7)11(17)16-12-15-6-10(13)18-12/h3-6,14H,1-2H3,(H,15,16,17). The number of carbonyl (C=O) groups is 1. The summed E-state index contributed by atoms with van der Waals surface area (Å²) in [7, 11) is 1.85. The molecule has 0 spiro atoms. The van der Waals surface area contributed by atoms with Gasteiger partial charge in [0.2, 0.25) is 0 Å². The summed E-state index contributed by atoms with van der Waals surface area (Å²) < 4.78 is 0.889. The first-order chi connectivity index (χ1) is 8.60. The largest absolute Gasteiger partial charge is 0.388 e. The summed E-state index contributed by atoms with van der Waals surface area (Å²) in [5.74, 6) is -0.142. The fourth-order valence-corrected chi connectivity index (χ4v) is 2.65. The first-order valence-corrected chi connectivity index (χ1v) is 6.92. The molecule has 1 aromatic heterocycles. The third kappa shape index (κ3) is 2.88. The van der Waals surface area contributed by atoms with Gasteiger partial charge in [0.05, 0.1) is 9.98 Å². The highest BCUT2D eigenvalue weighted by atomic mass is 79.9. The molecule has 0 atom stereocenters. The van der Waals surface area contributed by atoms with E-state index >= 15 is 0 Å². The molecule has 94 valence electrons. The lowest BCUT2D eigenvalue weighted by atomic mass is 10.1. The highest BCUT2D eigenvalue weighted by Gasteiger charge is 2.11. The number of hydrogen-bond donors (Lipinski definition) is 2. The summed E-state index contributed by atoms with van der Waals surface area (Å²) in [6, 6.07) is 5.62. The highest BCUT2D eigenvalue weighted by molar-refractivity contribution is 9.11. The second kappa shape index (κ2) is 5.49. The zero-order valence-electron chi connectivity index (χ0n) is 9.95. The Kier molecular flexibility index (Phi) is 3.98. The Morgan fingerprint density at radius 3 is 2.78 bits per heavy atom. The molecule has 0 fully saturated rings. The van der Waals surface area contributed by atoms with Gasteiger partial charge >= 0.3 is 0 Å². The van der Waals surface area contributed by atoms with Crippen LogP contribution in [-0.4, -0.2) is 17.9 Å². The molecular weight excluding hydrogens is 314 g/mol. The lowest BCUT2D eigenvalue weighted by Crippen LogP contribution is -2.13. The number of amides is 1. The Bertz CT molecular complexity index is 582. The van der Waals surface area contributed by atoms with Gasteiger partial charge in [-0.1, -0.05) is 11.3 Å². The molecule has 0 aliphatic heterocycles. The van der Waals surface area contributed by atoms with Gasteiger partial charge in [-0.05, 0) is 46.6 Å². The molecule has 0 saturated carbocycles. The number of halogens is 1. The molecule has 18 heavy (non-hydrogen) atoms. The van der Waals surface area contributed by atoms with E-state index in [4.69, 9.17) is 0 Å². The van der Waals surface area contributed by atoms with Crippen molar-refractivity contribution in [3.63, 3.8) is 0 Å². The number of hydrogen-bond acceptors (Lipinski definition) is 4. The second-order valence-electron chi connectivity index (χ2n) is 3.70. The number of aryl methyl sites for hydroxylation is 1. The van der Waals surface area contributed by atoms with E-state index < -0.39 is 0 Å². The van der Waals surface area contributed by atoms with E-state index in [1.165, 1.54) is 11.3 Å². The van der Waals surface area contributed by atoms with Crippen LogP contribution in [0.3, 0.4) is 0 Å². The van der Waals surface area contributed by atoms with Crippen LogP contribution in [0.4, 0.5) is 10.8 Å². The highest BCUT2D eigenvalue weighted by Crippen LogP contribution is 2.24. The van der Waals surface area contributed by atoms with Crippen molar-refractivity contribution in [3.05, 3.63) is 39.3 Å². The number of aromatic nitrogens is 1. The second-order valence-corrected chi connectivity index (χ2v) is 6.11. The Hall–Kier alpha value is -1.40. The van der Waals surface area contributed by atoms with Gasteiger partial charge in [-0.15, -0.1) is 0 Å². The molecule has 0 aliphatic rings. The number of rotatable bonds is 3. The van der Waals surface area contributed by atoms with E-state index in [-0.39, 0.29) is 5.91 Å². The van der Waals surface area contributed by atoms with E-state index in [1.54, 1.807) is 12.3 Å². The molecule has 2 N–H and O–H groups in total. The third-order valence-electron chi connectivity index (χ3n) is 2.46. The maximum Gasteiger partial charge on any atom is 0.257 e. The van der Waals surface area contributed by atoms with Gasteiger partial charge in [0, 0.05) is 18.3 Å². The minimum atomic E-state index is -0.142. The fourth-order valence-electron chi connectivity index (χ4n) is 1.55. The Labute approximate surface area is 118 Å². The minimum absolute atomic E-state index is 0.142. The normalized spacial score (nSPS) is 10.2. The molecule has 1 heterocycles. The van der Waals surface area contributed by atoms with Crippen LogP contribution >= 0.6 is 27.3 Å². The van der Waals surface area contributed by atoms with Crippen LogP contribution in [0.2, 0.25) is 0 Å². The monoisotopic (exact) mass is 325 g/mol. The van der Waals surface area contributed by atoms with Gasteiger partial charge in [0.25, 0.3) is 5.91 Å². The Balaban J connectivity index is 2.18. The lowest BCUT2D eigenvalue weighted by molar-refractivity contribution is 0.102. The number of benzene rings is 1. The van der Waals surface area contributed by atoms with Crippen molar-refractivity contribution in [1.82, 2.24) is 4.98 Å². The summed E-state index contributed by atoms with van der Waals surface area (Å²) in [4.78, 5) is 16.1. The molecule has 2 rings (SSSR count). The van der Waals surface area contributed by atoms with Crippen molar-refractivity contribution < 1.29 is 4.79 Å². The number of anilines is 2. The number of thiazole rings is 1. The van der Waals surface area contributed by atoms with Gasteiger partial charge in [-0.25, -0.2) is 4.98 Å². The lowest BCUT2D eigenvalue weighted by Gasteiger charge is -2.07. The SMILES string of the molecule is CNc1ccc(C(=O)Nc2ncc(Br)s2)c(C)c1. The van der Waals surface area contributed by atoms with Crippen LogP contribution in [0.15, 0.2) is 28.2 Å². The third-order valence-corrected chi connectivity index (χ3v) is 3.85. The van der Waals surface area contributed by atoms with Crippen LogP contribution in [0.25, 0.3) is 0 Å². The van der Waals surface area contributed by atoms with E-state index in [1.807, 2.05) is 26.1 Å². The Morgan fingerprint density at radius 2 is 2.22 bits per heavy atom. The van der Waals surface area contributed by atoms with Crippen LogP contribution < -0.4 is 10.6 Å². The summed E-state index contributed by atoms with van der Waals surface area (Å²) >= 11 is 4.69. The van der Waals surface area contributed by atoms with Crippen molar-refractivity contribution in [1.29, 1.82) is 0 Å². The summed E-state index contributed by atoms with van der Waals surface area (Å²) in [5.41, 5.74) is 2.57. The first-order valence-electron chi connectivity index (χ1n) is 5.31. The minimum Gasteiger partial charge on any atom is -0.388 e. The summed E-state index contributed by atoms with van der Waals surface area (Å²) in [6.07, 6.45) is 1.66. The first kappa shape index (κ1) is 13.0. The maximum atomic E-state index is 12.1. The van der Waals surface area contributed by atoms with E-state index in [9.17, 15) is 4.79 Å². The molecule has 4 nitrogen and oxygen atoms in total. The molecule has 1 amide bonds. The summed E-state index contributed by atoms with van der Waals surface area (Å²) in [5, 5.41) is 6.40. The molecular formula is C12H12BrN3OS. The maximum absolute atomic E-state index is 12.1. The number of nitrogens with zero attached hydrogens (tertiary/aromatic N) is 1. The molecule has 0 unspecified atom stereocenters. The van der Waals surface area contributed by atoms with E-state index in [0.717, 1.165) is 15.0 Å². The Morgan fingerprint density at radius 1 is 1.44 bits per heavy atom. The quantitative estimate of drug-likeness (QED) is 0.907. The smallest absolute Gasteiger partial charge is 0.257 e. The molecule has 0 saturated heterocycles. The molecule has 2 aromatic rings. The zero-order chi connectivity index (χ0) is 13.1. The van der Waals surface area contributed by atoms with Crippen LogP contribution in [0.5, 0.6) is 0 Å². The van der Waals surface area contributed by atoms with Crippen molar-refractivity contribution in [2.75, 3.05) is 17.7 Å². The van der Waals surface area contributed by atoms with Gasteiger partial charge in [0.1, 0.15) is 0 Å². The van der Waals surface area contributed by atoms with Crippen LogP contribution in [-0.2, 0) is 0 Å². The molecule has 0 radical (unpaired) electrons. The number of carbonyl (C=O) groups excluding carboxylic acids is 1. The molecule has 0 bridgehead atoms. The molecule has 1 aromatic carbocycles. The van der Waals surface area contributed by atoms with Gasteiger partial charge < -0.3 is 5.32 Å². The predicted molar refractivity (Wildman–Crippen MR) is 78.5 cm³/mol. The fraction of sp³-hybridized carbons (Fsp3) is 0.167. The number of nitrogens with one attached hydrogen (secondary N) is 2. The molecule has 0 aliphatic carbocycles. The average molecular weight is 326 g/mol. The van der Waals surface area contributed by atoms with Crippen LogP contribution in [0, 0.1) is 6.92 Å². The zero-order valence-corrected chi connectivity index (χ0v) is 12.4. The average Bonchev–Trinajstić information content (AvgIpc) is 2.74. The van der Waals surface area contributed by atoms with Gasteiger partial charge in [-0.3, -0.25) is 10.1 Å². The van der Waals surface area contributed by atoms with E-state index in [2.05, 4.69) is 31.5 Å². The van der Waals surface area contributed by atoms with Crippen molar-refractivity contribution in [2.45, 2.75) is 6.92 Å². The van der Waals surface area contributed by atoms with Crippen molar-refractivity contribution in [2.24, 2.45) is 0 Å². The topological polar surface area (TPSA) is 54.0 Å². The van der Waals surface area contributed by atoms with Crippen molar-refractivity contribution >= 4 is 44.0 Å². The summed E-state index contributed by atoms with van der Waals surface area (Å²) in [6.45, 7) is 1.91. The van der Waals surface area contributed by atoms with Crippen LogP contribution in [0.1, 0.15) is 15.9 Å². The van der Waals surface area contributed by atoms with Crippen molar-refractivity contribution in [3.8, 4) is 0 Å².